The number of aryl methyl sites for hydroxylation is 1. The van der Waals surface area contributed by atoms with Crippen LogP contribution in [0.2, 0.25) is 5.02 Å². The summed E-state index contributed by atoms with van der Waals surface area (Å²) in [7, 11) is 0. The number of benzene rings is 2. The third-order valence-electron chi connectivity index (χ3n) is 3.36. The number of anilines is 1. The van der Waals surface area contributed by atoms with E-state index in [1.165, 1.54) is 27.6 Å². The van der Waals surface area contributed by atoms with Gasteiger partial charge in [0.2, 0.25) is 5.16 Å². The fourth-order valence-corrected chi connectivity index (χ4v) is 3.04. The van der Waals surface area contributed by atoms with E-state index in [0.29, 0.717) is 16.1 Å². The number of rotatable bonds is 6. The van der Waals surface area contributed by atoms with E-state index in [1.807, 2.05) is 18.2 Å². The highest BCUT2D eigenvalue weighted by atomic mass is 35.5. The maximum absolute atomic E-state index is 6.01. The Morgan fingerprint density at radius 2 is 2.04 bits per heavy atom. The van der Waals surface area contributed by atoms with Crippen LogP contribution < -0.4 is 11.3 Å². The number of nitrogens with zero attached hydrogens (tertiary/aromatic N) is 4. The smallest absolute Gasteiger partial charge is 0.264 e. The van der Waals surface area contributed by atoms with Gasteiger partial charge in [-0.25, -0.2) is 10.1 Å². The van der Waals surface area contributed by atoms with E-state index in [2.05, 4.69) is 45.8 Å². The van der Waals surface area contributed by atoms with E-state index in [1.54, 1.807) is 18.3 Å². The molecule has 0 saturated heterocycles. The minimum Gasteiger partial charge on any atom is -0.334 e. The van der Waals surface area contributed by atoms with Crippen LogP contribution in [0, 0.1) is 6.92 Å². The van der Waals surface area contributed by atoms with Gasteiger partial charge in [0, 0.05) is 10.8 Å². The summed E-state index contributed by atoms with van der Waals surface area (Å²) in [5.74, 6) is 7.15. The molecule has 6 nitrogen and oxygen atoms in total. The van der Waals surface area contributed by atoms with Crippen molar-refractivity contribution < 1.29 is 0 Å². The molecule has 8 heteroatoms. The van der Waals surface area contributed by atoms with Crippen LogP contribution in [0.4, 0.5) is 5.95 Å². The van der Waals surface area contributed by atoms with Crippen LogP contribution in [0.25, 0.3) is 0 Å². The standard InChI is InChI=1S/C17H17ClN6S/c1-12-3-2-4-14(9-12)11-25-17-23-22-16(24(17)19)21-20-10-13-5-7-15(18)8-6-13/h2-10H,11,19H2,1H3,(H,21,22)/b20-10+. The number of hydrogen-bond donors (Lipinski definition) is 2. The number of aromatic nitrogens is 3. The van der Waals surface area contributed by atoms with Gasteiger partial charge in [0.05, 0.1) is 6.21 Å². The van der Waals surface area contributed by atoms with Crippen molar-refractivity contribution in [3.8, 4) is 0 Å². The number of halogens is 1. The zero-order chi connectivity index (χ0) is 17.6. The van der Waals surface area contributed by atoms with Crippen LogP contribution in [-0.4, -0.2) is 21.1 Å². The molecule has 1 aromatic heterocycles. The highest BCUT2D eigenvalue weighted by Gasteiger charge is 2.09. The molecule has 0 aliphatic heterocycles. The second-order valence-corrected chi connectivity index (χ2v) is 6.75. The number of hydrazone groups is 1. The van der Waals surface area contributed by atoms with Gasteiger partial charge in [0.1, 0.15) is 0 Å². The SMILES string of the molecule is Cc1cccc(CSc2nnc(N/N=C/c3ccc(Cl)cc3)n2N)c1. The Morgan fingerprint density at radius 1 is 1.24 bits per heavy atom. The van der Waals surface area contributed by atoms with Crippen molar-refractivity contribution in [1.82, 2.24) is 14.9 Å². The summed E-state index contributed by atoms with van der Waals surface area (Å²) < 4.78 is 1.39. The Balaban J connectivity index is 1.60. The zero-order valence-corrected chi connectivity index (χ0v) is 15.1. The van der Waals surface area contributed by atoms with Gasteiger partial charge in [0.15, 0.2) is 0 Å². The lowest BCUT2D eigenvalue weighted by Crippen LogP contribution is -2.13. The monoisotopic (exact) mass is 372 g/mol. The molecule has 3 aromatic rings. The van der Waals surface area contributed by atoms with E-state index in [4.69, 9.17) is 17.4 Å². The first-order valence-corrected chi connectivity index (χ1v) is 8.91. The summed E-state index contributed by atoms with van der Waals surface area (Å²) >= 11 is 7.37. The van der Waals surface area contributed by atoms with E-state index < -0.39 is 0 Å². The maximum atomic E-state index is 6.01. The van der Waals surface area contributed by atoms with Gasteiger partial charge in [-0.15, -0.1) is 10.2 Å². The maximum Gasteiger partial charge on any atom is 0.264 e. The van der Waals surface area contributed by atoms with Crippen molar-refractivity contribution in [3.05, 3.63) is 70.2 Å². The van der Waals surface area contributed by atoms with E-state index in [-0.39, 0.29) is 0 Å². The average molecular weight is 373 g/mol. The van der Waals surface area contributed by atoms with E-state index in [9.17, 15) is 0 Å². The van der Waals surface area contributed by atoms with Crippen LogP contribution in [-0.2, 0) is 5.75 Å². The summed E-state index contributed by atoms with van der Waals surface area (Å²) in [5.41, 5.74) is 6.14. The highest BCUT2D eigenvalue weighted by molar-refractivity contribution is 7.98. The molecule has 0 amide bonds. The molecule has 0 atom stereocenters. The predicted molar refractivity (Wildman–Crippen MR) is 104 cm³/mol. The molecule has 25 heavy (non-hydrogen) atoms. The first-order chi connectivity index (χ1) is 12.1. The molecule has 0 aliphatic carbocycles. The molecule has 0 spiro atoms. The van der Waals surface area contributed by atoms with Gasteiger partial charge in [-0.1, -0.05) is 65.3 Å². The first-order valence-electron chi connectivity index (χ1n) is 7.55. The Kier molecular flexibility index (Phi) is 5.57. The number of nitrogens with two attached hydrogens (primary N) is 1. The van der Waals surface area contributed by atoms with Gasteiger partial charge < -0.3 is 5.84 Å². The fraction of sp³-hybridized carbons (Fsp3) is 0.118. The van der Waals surface area contributed by atoms with Crippen molar-refractivity contribution in [2.45, 2.75) is 17.8 Å². The Morgan fingerprint density at radius 3 is 2.80 bits per heavy atom. The summed E-state index contributed by atoms with van der Waals surface area (Å²) in [6.45, 7) is 2.07. The van der Waals surface area contributed by atoms with Crippen LogP contribution in [0.5, 0.6) is 0 Å². The minimum atomic E-state index is 0.372. The predicted octanol–water partition coefficient (Wildman–Crippen LogP) is 3.69. The van der Waals surface area contributed by atoms with Crippen molar-refractivity contribution in [1.29, 1.82) is 0 Å². The number of nitrogens with one attached hydrogen (secondary N) is 1. The fourth-order valence-electron chi connectivity index (χ4n) is 2.11. The molecule has 0 aliphatic rings. The second-order valence-electron chi connectivity index (χ2n) is 5.38. The van der Waals surface area contributed by atoms with Gasteiger partial charge in [-0.3, -0.25) is 0 Å². The third-order valence-corrected chi connectivity index (χ3v) is 4.63. The molecule has 2 aromatic carbocycles. The minimum absolute atomic E-state index is 0.372. The summed E-state index contributed by atoms with van der Waals surface area (Å²) in [6.07, 6.45) is 1.66. The molecular weight excluding hydrogens is 356 g/mol. The lowest BCUT2D eigenvalue weighted by Gasteiger charge is -2.04. The molecule has 0 fully saturated rings. The molecule has 0 bridgehead atoms. The topological polar surface area (TPSA) is 81.1 Å². The molecule has 1 heterocycles. The highest BCUT2D eigenvalue weighted by Crippen LogP contribution is 2.22. The zero-order valence-electron chi connectivity index (χ0n) is 13.6. The van der Waals surface area contributed by atoms with Crippen molar-refractivity contribution >= 4 is 35.5 Å². The van der Waals surface area contributed by atoms with Gasteiger partial charge in [-0.05, 0) is 30.2 Å². The number of nitrogen functional groups attached to an aromatic ring is 1. The summed E-state index contributed by atoms with van der Waals surface area (Å²) in [5, 5.41) is 13.5. The van der Waals surface area contributed by atoms with Gasteiger partial charge in [-0.2, -0.15) is 5.10 Å². The summed E-state index contributed by atoms with van der Waals surface area (Å²) in [6, 6.07) is 15.7. The van der Waals surface area contributed by atoms with Crippen LogP contribution in [0.1, 0.15) is 16.7 Å². The van der Waals surface area contributed by atoms with Crippen molar-refractivity contribution in [3.63, 3.8) is 0 Å². The lowest BCUT2D eigenvalue weighted by atomic mass is 10.2. The first kappa shape index (κ1) is 17.3. The second kappa shape index (κ2) is 8.04. The van der Waals surface area contributed by atoms with Crippen molar-refractivity contribution in [2.24, 2.45) is 5.10 Å². The van der Waals surface area contributed by atoms with Crippen molar-refractivity contribution in [2.75, 3.05) is 11.3 Å². The Hall–Kier alpha value is -2.51. The largest absolute Gasteiger partial charge is 0.334 e. The summed E-state index contributed by atoms with van der Waals surface area (Å²) in [4.78, 5) is 0. The molecule has 0 saturated carbocycles. The molecule has 3 N–H and O–H groups in total. The number of thioether (sulfide) groups is 1. The van der Waals surface area contributed by atoms with Gasteiger partial charge >= 0.3 is 0 Å². The molecular formula is C17H17ClN6S. The average Bonchev–Trinajstić information content (AvgIpc) is 2.95. The Labute approximate surface area is 155 Å². The van der Waals surface area contributed by atoms with Crippen LogP contribution >= 0.6 is 23.4 Å². The lowest BCUT2D eigenvalue weighted by molar-refractivity contribution is 0.847. The van der Waals surface area contributed by atoms with E-state index in [0.717, 1.165) is 11.3 Å². The normalized spacial score (nSPS) is 11.1. The third kappa shape index (κ3) is 4.74. The number of hydrogen-bond acceptors (Lipinski definition) is 6. The van der Waals surface area contributed by atoms with E-state index >= 15 is 0 Å². The quantitative estimate of drug-likeness (QED) is 0.298. The molecule has 0 radical (unpaired) electrons. The van der Waals surface area contributed by atoms with Crippen LogP contribution in [0.3, 0.4) is 0 Å². The van der Waals surface area contributed by atoms with Gasteiger partial charge in [0.25, 0.3) is 5.95 Å². The molecule has 128 valence electrons. The Bertz CT molecular complexity index is 875. The van der Waals surface area contributed by atoms with Crippen LogP contribution in [0.15, 0.2) is 58.8 Å². The molecule has 3 rings (SSSR count). The molecule has 0 unspecified atom stereocenters.